The van der Waals surface area contributed by atoms with Gasteiger partial charge in [0.05, 0.1) is 13.4 Å². The summed E-state index contributed by atoms with van der Waals surface area (Å²) in [5, 5.41) is 0. The van der Waals surface area contributed by atoms with Gasteiger partial charge in [-0.3, -0.25) is 4.90 Å². The maximum absolute atomic E-state index is 12.0. The molecule has 1 aromatic carbocycles. The quantitative estimate of drug-likeness (QED) is 0.800. The normalized spacial score (nSPS) is 26.6. The number of para-hydroxylation sites is 1. The molecule has 5 rings (SSSR count). The molecule has 3 fully saturated rings. The number of benzene rings is 1. The number of methoxy groups -OCH3 is 1. The monoisotopic (exact) mass is 378 g/mol. The van der Waals surface area contributed by atoms with E-state index in [-0.39, 0.29) is 6.04 Å². The van der Waals surface area contributed by atoms with Crippen LogP contribution in [0.4, 0.5) is 0 Å². The first-order valence-corrected chi connectivity index (χ1v) is 11.0. The summed E-state index contributed by atoms with van der Waals surface area (Å²) in [5.41, 5.74) is 2.27. The first-order chi connectivity index (χ1) is 12.4. The lowest BCUT2D eigenvalue weighted by atomic mass is 9.94. The highest BCUT2D eigenvalue weighted by atomic mass is 32.2. The fourth-order valence-corrected chi connectivity index (χ4v) is 5.27. The van der Waals surface area contributed by atoms with Gasteiger partial charge in [-0.1, -0.05) is 12.1 Å². The maximum atomic E-state index is 12.0. The molecule has 26 heavy (non-hydrogen) atoms. The summed E-state index contributed by atoms with van der Waals surface area (Å²) in [7, 11) is -1.47. The first-order valence-electron chi connectivity index (χ1n) is 9.12. The highest BCUT2D eigenvalue weighted by Gasteiger charge is 2.38. The van der Waals surface area contributed by atoms with Gasteiger partial charge in [-0.2, -0.15) is 0 Å². The van der Waals surface area contributed by atoms with Crippen LogP contribution in [0.3, 0.4) is 0 Å². The molecule has 3 saturated heterocycles. The van der Waals surface area contributed by atoms with Crippen LogP contribution in [-0.2, 0) is 10.0 Å². The average molecular weight is 378 g/mol. The molecule has 0 amide bonds. The van der Waals surface area contributed by atoms with Crippen LogP contribution in [0.1, 0.15) is 18.4 Å². The topological polar surface area (TPSA) is 59.1 Å². The van der Waals surface area contributed by atoms with E-state index in [1.54, 1.807) is 11.4 Å². The molecule has 0 radical (unpaired) electrons. The molecule has 0 aliphatic carbocycles. The van der Waals surface area contributed by atoms with Crippen molar-refractivity contribution in [2.75, 3.05) is 46.2 Å². The number of piperidine rings is 1. The standard InChI is InChI=1S/C19H26N2O4S/c1-24-18-5-3-4-16-8-15(13-25-19(16)18)10-20-9-14-6-7-17(20)12-21(11-14)26(2,22)23/h3-5,8,14,17H,6-7,9-13H2,1-2H3. The number of fused-ring (bicyclic) bond motifs is 5. The largest absolute Gasteiger partial charge is 0.493 e. The molecule has 2 bridgehead atoms. The van der Waals surface area contributed by atoms with Gasteiger partial charge in [0, 0.05) is 37.8 Å². The number of hydrogen-bond donors (Lipinski definition) is 0. The molecule has 4 heterocycles. The van der Waals surface area contributed by atoms with Gasteiger partial charge in [0.2, 0.25) is 10.0 Å². The van der Waals surface area contributed by atoms with Crippen LogP contribution in [-0.4, -0.2) is 69.8 Å². The highest BCUT2D eigenvalue weighted by molar-refractivity contribution is 7.88. The maximum Gasteiger partial charge on any atom is 0.211 e. The Kier molecular flexibility index (Phi) is 4.71. The first kappa shape index (κ1) is 17.8. The van der Waals surface area contributed by atoms with Gasteiger partial charge >= 0.3 is 0 Å². The van der Waals surface area contributed by atoms with Crippen LogP contribution in [0.15, 0.2) is 23.8 Å². The van der Waals surface area contributed by atoms with E-state index < -0.39 is 10.0 Å². The summed E-state index contributed by atoms with van der Waals surface area (Å²) in [6, 6.07) is 6.21. The Morgan fingerprint density at radius 3 is 2.85 bits per heavy atom. The van der Waals surface area contributed by atoms with E-state index >= 15 is 0 Å². The summed E-state index contributed by atoms with van der Waals surface area (Å²) >= 11 is 0. The predicted octanol–water partition coefficient (Wildman–Crippen LogP) is 1.83. The van der Waals surface area contributed by atoms with Crippen LogP contribution < -0.4 is 9.47 Å². The predicted molar refractivity (Wildman–Crippen MR) is 101 cm³/mol. The third kappa shape index (κ3) is 3.48. The second-order valence-corrected chi connectivity index (χ2v) is 9.56. The van der Waals surface area contributed by atoms with Crippen LogP contribution in [0.5, 0.6) is 11.5 Å². The summed E-state index contributed by atoms with van der Waals surface area (Å²) in [4.78, 5) is 2.44. The van der Waals surface area contributed by atoms with E-state index in [0.29, 0.717) is 25.6 Å². The molecule has 2 atom stereocenters. The van der Waals surface area contributed by atoms with Crippen LogP contribution >= 0.6 is 0 Å². The van der Waals surface area contributed by atoms with Crippen molar-refractivity contribution >= 4 is 16.1 Å². The van der Waals surface area contributed by atoms with Gasteiger partial charge in [-0.05, 0) is 36.5 Å². The zero-order valence-electron chi connectivity index (χ0n) is 15.3. The smallest absolute Gasteiger partial charge is 0.211 e. The van der Waals surface area contributed by atoms with E-state index in [4.69, 9.17) is 9.47 Å². The van der Waals surface area contributed by atoms with Crippen molar-refractivity contribution in [2.45, 2.75) is 18.9 Å². The number of hydrogen-bond acceptors (Lipinski definition) is 5. The lowest BCUT2D eigenvalue weighted by Gasteiger charge is -2.37. The zero-order chi connectivity index (χ0) is 18.3. The van der Waals surface area contributed by atoms with Gasteiger partial charge in [-0.15, -0.1) is 0 Å². The van der Waals surface area contributed by atoms with Crippen molar-refractivity contribution < 1.29 is 17.9 Å². The molecule has 2 unspecified atom stereocenters. The Balaban J connectivity index is 1.52. The highest BCUT2D eigenvalue weighted by Crippen LogP contribution is 2.36. The lowest BCUT2D eigenvalue weighted by molar-refractivity contribution is 0.141. The Morgan fingerprint density at radius 1 is 1.23 bits per heavy atom. The Bertz CT molecular complexity index is 821. The fourth-order valence-electron chi connectivity index (χ4n) is 4.34. The van der Waals surface area contributed by atoms with Gasteiger partial charge in [-0.25, -0.2) is 12.7 Å². The molecule has 4 aliphatic heterocycles. The average Bonchev–Trinajstić information content (AvgIpc) is 2.93. The number of nitrogens with zero attached hydrogens (tertiary/aromatic N) is 2. The molecule has 142 valence electrons. The summed E-state index contributed by atoms with van der Waals surface area (Å²) in [6.45, 7) is 3.60. The van der Waals surface area contributed by atoms with Gasteiger partial charge in [0.15, 0.2) is 11.5 Å². The second-order valence-electron chi connectivity index (χ2n) is 7.58. The van der Waals surface area contributed by atoms with E-state index in [1.807, 2.05) is 18.2 Å². The van der Waals surface area contributed by atoms with Crippen molar-refractivity contribution in [1.29, 1.82) is 0 Å². The van der Waals surface area contributed by atoms with E-state index in [0.717, 1.165) is 43.0 Å². The van der Waals surface area contributed by atoms with Crippen LogP contribution in [0.2, 0.25) is 0 Å². The molecule has 0 aromatic heterocycles. The molecule has 6 nitrogen and oxygen atoms in total. The number of rotatable bonds is 4. The summed E-state index contributed by atoms with van der Waals surface area (Å²) in [6.07, 6.45) is 5.69. The van der Waals surface area contributed by atoms with Crippen LogP contribution in [0, 0.1) is 5.92 Å². The summed E-state index contributed by atoms with van der Waals surface area (Å²) < 4.78 is 37.0. The Morgan fingerprint density at radius 2 is 2.08 bits per heavy atom. The van der Waals surface area contributed by atoms with Crippen molar-refractivity contribution in [3.8, 4) is 11.5 Å². The minimum atomic E-state index is -3.13. The molecule has 0 N–H and O–H groups in total. The second kappa shape index (κ2) is 6.87. The van der Waals surface area contributed by atoms with Crippen molar-refractivity contribution in [1.82, 2.24) is 9.21 Å². The van der Waals surface area contributed by atoms with Crippen LogP contribution in [0.25, 0.3) is 6.08 Å². The Hall–Kier alpha value is -1.57. The number of ether oxygens (including phenoxy) is 2. The van der Waals surface area contributed by atoms with Gasteiger partial charge < -0.3 is 9.47 Å². The third-order valence-electron chi connectivity index (χ3n) is 5.66. The minimum Gasteiger partial charge on any atom is -0.493 e. The van der Waals surface area contributed by atoms with E-state index in [2.05, 4.69) is 11.0 Å². The lowest BCUT2D eigenvalue weighted by Crippen LogP contribution is -2.45. The third-order valence-corrected chi connectivity index (χ3v) is 6.90. The minimum absolute atomic E-state index is 0.288. The van der Waals surface area contributed by atoms with E-state index in [9.17, 15) is 8.42 Å². The molecular formula is C19H26N2O4S. The van der Waals surface area contributed by atoms with Gasteiger partial charge in [0.1, 0.15) is 6.61 Å². The molecule has 4 aliphatic rings. The van der Waals surface area contributed by atoms with Gasteiger partial charge in [0.25, 0.3) is 0 Å². The fraction of sp³-hybridized carbons (Fsp3) is 0.579. The summed E-state index contributed by atoms with van der Waals surface area (Å²) in [5.74, 6) is 1.98. The van der Waals surface area contributed by atoms with E-state index in [1.165, 1.54) is 11.8 Å². The van der Waals surface area contributed by atoms with Crippen molar-refractivity contribution in [2.24, 2.45) is 5.92 Å². The zero-order valence-corrected chi connectivity index (χ0v) is 16.2. The Labute approximate surface area is 155 Å². The SMILES string of the molecule is COc1cccc2c1OCC(CN1CC3CCC1CN(S(C)(=O)=O)C3)=C2. The number of sulfonamides is 1. The molecule has 1 aromatic rings. The molecular weight excluding hydrogens is 352 g/mol. The van der Waals surface area contributed by atoms with Crippen molar-refractivity contribution in [3.63, 3.8) is 0 Å². The molecule has 0 saturated carbocycles. The van der Waals surface area contributed by atoms with Crippen molar-refractivity contribution in [3.05, 3.63) is 29.3 Å². The molecule has 7 heteroatoms. The molecule has 0 spiro atoms.